The minimum atomic E-state index is -2.96. The molecule has 1 N–H and O–H groups in total. The van der Waals surface area contributed by atoms with Gasteiger partial charge in [-0.05, 0) is 24.3 Å². The zero-order valence-electron chi connectivity index (χ0n) is 8.08. The van der Waals surface area contributed by atoms with Gasteiger partial charge in [-0.2, -0.15) is 8.78 Å². The lowest BCUT2D eigenvalue weighted by Crippen LogP contribution is -2.02. The number of hydrogen-bond donors (Lipinski definition) is 1. The van der Waals surface area contributed by atoms with Crippen LogP contribution in [0.1, 0.15) is 0 Å². The third-order valence-electron chi connectivity index (χ3n) is 2.01. The average molecular weight is 227 g/mol. The first-order chi connectivity index (χ1) is 7.65. The Morgan fingerprint density at radius 3 is 2.62 bits per heavy atom. The zero-order valence-corrected chi connectivity index (χ0v) is 8.08. The van der Waals surface area contributed by atoms with Gasteiger partial charge >= 0.3 is 6.61 Å². The minimum absolute atomic E-state index is 0.195. The van der Waals surface area contributed by atoms with E-state index in [1.807, 2.05) is 0 Å². The summed E-state index contributed by atoms with van der Waals surface area (Å²) < 4.78 is 41.2. The molecule has 0 amide bonds. The van der Waals surface area contributed by atoms with E-state index in [2.05, 4.69) is 9.72 Å². The van der Waals surface area contributed by atoms with E-state index in [1.54, 1.807) is 18.3 Å². The lowest BCUT2D eigenvalue weighted by molar-refractivity contribution is -0.0499. The van der Waals surface area contributed by atoms with Crippen LogP contribution in [0, 0.1) is 5.82 Å². The number of H-pyrrole nitrogens is 1. The molecular weight excluding hydrogens is 219 g/mol. The van der Waals surface area contributed by atoms with Gasteiger partial charge in [0.2, 0.25) is 0 Å². The van der Waals surface area contributed by atoms with Crippen LogP contribution in [0.3, 0.4) is 0 Å². The third kappa shape index (κ3) is 2.36. The molecule has 0 unspecified atom stereocenters. The molecule has 0 saturated carbocycles. The van der Waals surface area contributed by atoms with E-state index >= 15 is 0 Å². The lowest BCUT2D eigenvalue weighted by atomic mass is 10.1. The summed E-state index contributed by atoms with van der Waals surface area (Å²) in [4.78, 5) is 2.85. The van der Waals surface area contributed by atoms with Gasteiger partial charge in [-0.1, -0.05) is 0 Å². The number of nitrogens with one attached hydrogen (secondary N) is 1. The summed E-state index contributed by atoms with van der Waals surface area (Å²) in [5, 5.41) is 0. The molecule has 0 radical (unpaired) electrons. The molecule has 2 nitrogen and oxygen atoms in total. The Morgan fingerprint density at radius 2 is 2.00 bits per heavy atom. The van der Waals surface area contributed by atoms with Gasteiger partial charge in [0.05, 0.1) is 0 Å². The van der Waals surface area contributed by atoms with Crippen LogP contribution >= 0.6 is 0 Å². The number of aromatic nitrogens is 1. The minimum Gasteiger partial charge on any atom is -0.435 e. The monoisotopic (exact) mass is 227 g/mol. The summed E-state index contributed by atoms with van der Waals surface area (Å²) in [6, 6.07) is 6.94. The van der Waals surface area contributed by atoms with Crippen LogP contribution in [0.2, 0.25) is 0 Å². The Hall–Kier alpha value is -1.91. The molecule has 84 valence electrons. The third-order valence-corrected chi connectivity index (χ3v) is 2.01. The lowest BCUT2D eigenvalue weighted by Gasteiger charge is -2.06. The highest BCUT2D eigenvalue weighted by atomic mass is 19.3. The van der Waals surface area contributed by atoms with Crippen molar-refractivity contribution in [2.45, 2.75) is 6.61 Å². The molecule has 1 heterocycles. The molecule has 0 atom stereocenters. The van der Waals surface area contributed by atoms with Crippen molar-refractivity contribution in [3.8, 4) is 17.0 Å². The normalized spacial score (nSPS) is 10.8. The second-order valence-corrected chi connectivity index (χ2v) is 3.14. The Balaban J connectivity index is 2.36. The smallest absolute Gasteiger partial charge is 0.387 e. The summed E-state index contributed by atoms with van der Waals surface area (Å²) in [6.45, 7) is -2.96. The van der Waals surface area contributed by atoms with Gasteiger partial charge in [0.25, 0.3) is 0 Å². The van der Waals surface area contributed by atoms with Gasteiger partial charge in [0.15, 0.2) is 0 Å². The molecule has 1 aromatic heterocycles. The van der Waals surface area contributed by atoms with Crippen LogP contribution in [0.25, 0.3) is 11.3 Å². The highest BCUT2D eigenvalue weighted by Gasteiger charge is 2.08. The molecule has 0 aliphatic rings. The molecule has 5 heteroatoms. The largest absolute Gasteiger partial charge is 0.435 e. The van der Waals surface area contributed by atoms with Crippen molar-refractivity contribution < 1.29 is 17.9 Å². The fourth-order valence-corrected chi connectivity index (χ4v) is 1.40. The standard InChI is InChI=1S/C11H8F3NO/c12-8-4-7(10-2-1-3-15-10)5-9(6-8)16-11(13)14/h1-6,11,15H. The number of aromatic amines is 1. The first kappa shape index (κ1) is 10.6. The summed E-state index contributed by atoms with van der Waals surface area (Å²) in [7, 11) is 0. The van der Waals surface area contributed by atoms with E-state index in [1.165, 1.54) is 12.1 Å². The summed E-state index contributed by atoms with van der Waals surface area (Å²) >= 11 is 0. The molecule has 16 heavy (non-hydrogen) atoms. The first-order valence-electron chi connectivity index (χ1n) is 4.54. The summed E-state index contributed by atoms with van der Waals surface area (Å²) in [5.41, 5.74) is 1.10. The van der Waals surface area contributed by atoms with Crippen molar-refractivity contribution in [2.24, 2.45) is 0 Å². The molecule has 2 aromatic rings. The summed E-state index contributed by atoms with van der Waals surface area (Å²) in [5.74, 6) is -0.817. The second-order valence-electron chi connectivity index (χ2n) is 3.14. The van der Waals surface area contributed by atoms with Gasteiger partial charge in [-0.25, -0.2) is 4.39 Å². The average Bonchev–Trinajstić information content (AvgIpc) is 2.67. The van der Waals surface area contributed by atoms with Crippen molar-refractivity contribution in [2.75, 3.05) is 0 Å². The maximum atomic E-state index is 13.1. The number of hydrogen-bond acceptors (Lipinski definition) is 1. The quantitative estimate of drug-likeness (QED) is 0.853. The first-order valence-corrected chi connectivity index (χ1v) is 4.54. The molecule has 0 fully saturated rings. The molecule has 0 saturated heterocycles. The van der Waals surface area contributed by atoms with Crippen molar-refractivity contribution in [3.05, 3.63) is 42.3 Å². The van der Waals surface area contributed by atoms with Crippen molar-refractivity contribution in [3.63, 3.8) is 0 Å². The van der Waals surface area contributed by atoms with E-state index in [4.69, 9.17) is 0 Å². The van der Waals surface area contributed by atoms with Crippen LogP contribution in [-0.2, 0) is 0 Å². The van der Waals surface area contributed by atoms with Crippen LogP contribution in [0.4, 0.5) is 13.2 Å². The van der Waals surface area contributed by atoms with E-state index < -0.39 is 12.4 Å². The van der Waals surface area contributed by atoms with Gasteiger partial charge < -0.3 is 9.72 Å². The van der Waals surface area contributed by atoms with Gasteiger partial charge in [-0.15, -0.1) is 0 Å². The Kier molecular flexibility index (Phi) is 2.85. The van der Waals surface area contributed by atoms with Crippen molar-refractivity contribution in [1.29, 1.82) is 0 Å². The number of benzene rings is 1. The molecular formula is C11H8F3NO. The SMILES string of the molecule is Fc1cc(OC(F)F)cc(-c2ccc[nH]2)c1. The second kappa shape index (κ2) is 4.30. The number of rotatable bonds is 3. The van der Waals surface area contributed by atoms with Crippen LogP contribution < -0.4 is 4.74 Å². The summed E-state index contributed by atoms with van der Waals surface area (Å²) in [6.07, 6.45) is 1.66. The highest BCUT2D eigenvalue weighted by Crippen LogP contribution is 2.25. The van der Waals surface area contributed by atoms with E-state index in [0.717, 1.165) is 6.07 Å². The van der Waals surface area contributed by atoms with E-state index in [0.29, 0.717) is 11.3 Å². The van der Waals surface area contributed by atoms with E-state index in [-0.39, 0.29) is 5.75 Å². The Labute approximate surface area is 89.7 Å². The predicted octanol–water partition coefficient (Wildman–Crippen LogP) is 3.42. The van der Waals surface area contributed by atoms with Gasteiger partial charge in [0, 0.05) is 23.5 Å². The van der Waals surface area contributed by atoms with Crippen molar-refractivity contribution >= 4 is 0 Å². The van der Waals surface area contributed by atoms with Gasteiger partial charge in [-0.3, -0.25) is 0 Å². The van der Waals surface area contributed by atoms with Crippen LogP contribution in [-0.4, -0.2) is 11.6 Å². The predicted molar refractivity (Wildman–Crippen MR) is 52.8 cm³/mol. The van der Waals surface area contributed by atoms with Gasteiger partial charge in [0.1, 0.15) is 11.6 Å². The number of alkyl halides is 2. The highest BCUT2D eigenvalue weighted by molar-refractivity contribution is 5.61. The molecule has 0 aliphatic heterocycles. The molecule has 0 aliphatic carbocycles. The maximum absolute atomic E-state index is 13.1. The van der Waals surface area contributed by atoms with Crippen LogP contribution in [0.5, 0.6) is 5.75 Å². The molecule has 0 bridgehead atoms. The topological polar surface area (TPSA) is 25.0 Å². The number of ether oxygens (including phenoxy) is 1. The Bertz CT molecular complexity index is 468. The fourth-order valence-electron chi connectivity index (χ4n) is 1.40. The fraction of sp³-hybridized carbons (Fsp3) is 0.0909. The molecule has 1 aromatic carbocycles. The zero-order chi connectivity index (χ0) is 11.5. The number of halogens is 3. The Morgan fingerprint density at radius 1 is 1.19 bits per heavy atom. The van der Waals surface area contributed by atoms with Crippen molar-refractivity contribution in [1.82, 2.24) is 4.98 Å². The molecule has 0 spiro atoms. The maximum Gasteiger partial charge on any atom is 0.387 e. The van der Waals surface area contributed by atoms with E-state index in [9.17, 15) is 13.2 Å². The van der Waals surface area contributed by atoms with Crippen LogP contribution in [0.15, 0.2) is 36.5 Å². The molecule has 2 rings (SSSR count).